The van der Waals surface area contributed by atoms with Gasteiger partial charge < -0.3 is 14.6 Å². The highest BCUT2D eigenvalue weighted by molar-refractivity contribution is 5.91. The van der Waals surface area contributed by atoms with Crippen LogP contribution in [0.2, 0.25) is 0 Å². The zero-order valence-corrected chi connectivity index (χ0v) is 14.6. The highest BCUT2D eigenvalue weighted by Crippen LogP contribution is 2.17. The number of carbonyl (C=O) groups excluding carboxylic acids is 2. The van der Waals surface area contributed by atoms with Crippen LogP contribution in [0.4, 0.5) is 0 Å². The predicted octanol–water partition coefficient (Wildman–Crippen LogP) is 3.16. The number of benzene rings is 1. The van der Waals surface area contributed by atoms with Crippen molar-refractivity contribution in [2.75, 3.05) is 6.61 Å². The maximum Gasteiger partial charge on any atom is 0.339 e. The highest BCUT2D eigenvalue weighted by atomic mass is 16.5. The molecule has 1 aromatic carbocycles. The minimum Gasteiger partial charge on any atom is -0.462 e. The first kappa shape index (κ1) is 17.8. The van der Waals surface area contributed by atoms with Gasteiger partial charge in [-0.1, -0.05) is 30.3 Å². The lowest BCUT2D eigenvalue weighted by Crippen LogP contribution is -2.30. The largest absolute Gasteiger partial charge is 0.462 e. The van der Waals surface area contributed by atoms with Gasteiger partial charge in [0.25, 0.3) is 0 Å². The minimum atomic E-state index is -0.352. The molecule has 5 nitrogen and oxygen atoms in total. The molecular formula is C19H24N2O3. The van der Waals surface area contributed by atoms with Gasteiger partial charge in [-0.3, -0.25) is 4.79 Å². The Morgan fingerprint density at radius 1 is 1.21 bits per heavy atom. The van der Waals surface area contributed by atoms with Crippen molar-refractivity contribution in [3.63, 3.8) is 0 Å². The molecule has 0 aliphatic carbocycles. The summed E-state index contributed by atoms with van der Waals surface area (Å²) in [7, 11) is 0. The number of aromatic nitrogens is 1. The second-order valence-electron chi connectivity index (χ2n) is 5.79. The first-order chi connectivity index (χ1) is 11.4. The van der Waals surface area contributed by atoms with E-state index in [2.05, 4.69) is 5.32 Å². The molecule has 0 aliphatic heterocycles. The fourth-order valence-corrected chi connectivity index (χ4v) is 2.72. The monoisotopic (exact) mass is 328 g/mol. The molecule has 0 aliphatic rings. The molecule has 1 atom stereocenters. The fraction of sp³-hybridized carbons (Fsp3) is 0.368. The van der Waals surface area contributed by atoms with Gasteiger partial charge >= 0.3 is 5.97 Å². The van der Waals surface area contributed by atoms with E-state index in [1.807, 2.05) is 55.7 Å². The molecule has 1 heterocycles. The maximum absolute atomic E-state index is 12.4. The molecule has 2 rings (SSSR count). The molecule has 0 saturated carbocycles. The van der Waals surface area contributed by atoms with E-state index in [9.17, 15) is 9.59 Å². The van der Waals surface area contributed by atoms with Crippen molar-refractivity contribution >= 4 is 11.9 Å². The number of rotatable bonds is 6. The Balaban J connectivity index is 2.08. The molecule has 0 unspecified atom stereocenters. The summed E-state index contributed by atoms with van der Waals surface area (Å²) in [5, 5.41) is 2.99. The first-order valence-electron chi connectivity index (χ1n) is 8.12. The Bertz CT molecular complexity index is 720. The average molecular weight is 328 g/mol. The van der Waals surface area contributed by atoms with Crippen LogP contribution in [-0.2, 0) is 16.1 Å². The zero-order chi connectivity index (χ0) is 17.7. The van der Waals surface area contributed by atoms with Crippen molar-refractivity contribution in [2.45, 2.75) is 40.3 Å². The Kier molecular flexibility index (Phi) is 5.79. The van der Waals surface area contributed by atoms with Gasteiger partial charge in [-0.15, -0.1) is 0 Å². The Hall–Kier alpha value is -2.56. The van der Waals surface area contributed by atoms with E-state index >= 15 is 0 Å². The lowest BCUT2D eigenvalue weighted by molar-refractivity contribution is -0.122. The number of aryl methyl sites for hydroxylation is 1. The van der Waals surface area contributed by atoms with Crippen molar-refractivity contribution in [3.05, 3.63) is 58.9 Å². The summed E-state index contributed by atoms with van der Waals surface area (Å²) in [6, 6.07) is 11.5. The number of nitrogens with zero attached hydrogens (tertiary/aromatic N) is 1. The molecule has 0 fully saturated rings. The summed E-state index contributed by atoms with van der Waals surface area (Å²) in [6.07, 6.45) is 0. The molecule has 2 aromatic rings. The van der Waals surface area contributed by atoms with Crippen molar-refractivity contribution in [1.82, 2.24) is 9.88 Å². The third-order valence-electron chi connectivity index (χ3n) is 4.05. The Morgan fingerprint density at radius 3 is 2.50 bits per heavy atom. The van der Waals surface area contributed by atoms with Gasteiger partial charge in [0.05, 0.1) is 18.2 Å². The van der Waals surface area contributed by atoms with Crippen LogP contribution in [0.5, 0.6) is 0 Å². The summed E-state index contributed by atoms with van der Waals surface area (Å²) in [5.74, 6) is -0.446. The number of ether oxygens (including phenoxy) is 1. The molecule has 1 aromatic heterocycles. The molecule has 24 heavy (non-hydrogen) atoms. The van der Waals surface area contributed by atoms with Crippen LogP contribution in [0.15, 0.2) is 36.4 Å². The number of carbonyl (C=O) groups is 2. The lowest BCUT2D eigenvalue weighted by Gasteiger charge is -2.16. The van der Waals surface area contributed by atoms with Crippen molar-refractivity contribution in [3.8, 4) is 0 Å². The van der Waals surface area contributed by atoms with Gasteiger partial charge in [0.2, 0.25) is 5.91 Å². The van der Waals surface area contributed by atoms with Crippen LogP contribution in [0.3, 0.4) is 0 Å². The van der Waals surface area contributed by atoms with E-state index in [0.29, 0.717) is 12.2 Å². The molecule has 0 saturated heterocycles. The fourth-order valence-electron chi connectivity index (χ4n) is 2.72. The topological polar surface area (TPSA) is 60.3 Å². The maximum atomic E-state index is 12.4. The van der Waals surface area contributed by atoms with Gasteiger partial charge in [-0.25, -0.2) is 4.79 Å². The van der Waals surface area contributed by atoms with Crippen molar-refractivity contribution < 1.29 is 14.3 Å². The van der Waals surface area contributed by atoms with Gasteiger partial charge in [0.15, 0.2) is 0 Å². The molecule has 0 bridgehead atoms. The predicted molar refractivity (Wildman–Crippen MR) is 92.9 cm³/mol. The van der Waals surface area contributed by atoms with E-state index in [-0.39, 0.29) is 24.5 Å². The van der Waals surface area contributed by atoms with Gasteiger partial charge in [-0.05, 0) is 39.3 Å². The van der Waals surface area contributed by atoms with E-state index in [4.69, 9.17) is 4.74 Å². The SMILES string of the molecule is CCOC(=O)c1cc(C)n(CC(=O)N[C@H](C)c2ccccc2)c1C. The number of hydrogen-bond acceptors (Lipinski definition) is 3. The third-order valence-corrected chi connectivity index (χ3v) is 4.05. The summed E-state index contributed by atoms with van der Waals surface area (Å²) in [4.78, 5) is 24.3. The Morgan fingerprint density at radius 2 is 1.88 bits per heavy atom. The summed E-state index contributed by atoms with van der Waals surface area (Å²) in [5.41, 5.74) is 3.17. The zero-order valence-electron chi connectivity index (χ0n) is 14.6. The van der Waals surface area contributed by atoms with Crippen molar-refractivity contribution in [2.24, 2.45) is 0 Å². The molecule has 128 valence electrons. The van der Waals surface area contributed by atoms with E-state index in [1.165, 1.54) is 0 Å². The second-order valence-corrected chi connectivity index (χ2v) is 5.79. The quantitative estimate of drug-likeness (QED) is 0.829. The standard InChI is InChI=1S/C19H24N2O3/c1-5-24-19(23)17-11-13(2)21(15(17)4)12-18(22)20-14(3)16-9-7-6-8-10-16/h6-11,14H,5,12H2,1-4H3,(H,20,22)/t14-/m1/s1. The highest BCUT2D eigenvalue weighted by Gasteiger charge is 2.18. The van der Waals surface area contributed by atoms with Crippen LogP contribution in [-0.4, -0.2) is 23.1 Å². The smallest absolute Gasteiger partial charge is 0.339 e. The molecule has 0 spiro atoms. The third kappa shape index (κ3) is 4.04. The first-order valence-corrected chi connectivity index (χ1v) is 8.12. The molecule has 1 amide bonds. The molecule has 5 heteroatoms. The summed E-state index contributed by atoms with van der Waals surface area (Å²) >= 11 is 0. The Labute approximate surface area is 142 Å². The normalized spacial score (nSPS) is 11.8. The van der Waals surface area contributed by atoms with Crippen LogP contribution in [0.25, 0.3) is 0 Å². The number of amides is 1. The number of hydrogen-bond donors (Lipinski definition) is 1. The van der Waals surface area contributed by atoms with Crippen LogP contribution in [0.1, 0.15) is 47.2 Å². The number of nitrogens with one attached hydrogen (secondary N) is 1. The van der Waals surface area contributed by atoms with Crippen LogP contribution >= 0.6 is 0 Å². The molecule has 0 radical (unpaired) electrons. The molecule has 1 N–H and O–H groups in total. The van der Waals surface area contributed by atoms with Crippen LogP contribution in [0, 0.1) is 13.8 Å². The van der Waals surface area contributed by atoms with Crippen molar-refractivity contribution in [1.29, 1.82) is 0 Å². The van der Waals surface area contributed by atoms with Gasteiger partial charge in [0, 0.05) is 11.4 Å². The number of esters is 1. The average Bonchev–Trinajstić information content (AvgIpc) is 2.84. The van der Waals surface area contributed by atoms with Gasteiger partial charge in [-0.2, -0.15) is 0 Å². The summed E-state index contributed by atoms with van der Waals surface area (Å²) < 4.78 is 6.88. The van der Waals surface area contributed by atoms with Gasteiger partial charge in [0.1, 0.15) is 6.54 Å². The van der Waals surface area contributed by atoms with E-state index in [1.54, 1.807) is 13.0 Å². The summed E-state index contributed by atoms with van der Waals surface area (Å²) in [6.45, 7) is 7.94. The van der Waals surface area contributed by atoms with E-state index in [0.717, 1.165) is 17.0 Å². The minimum absolute atomic E-state index is 0.0700. The van der Waals surface area contributed by atoms with E-state index < -0.39 is 0 Å². The lowest BCUT2D eigenvalue weighted by atomic mass is 10.1. The molecular weight excluding hydrogens is 304 g/mol. The van der Waals surface area contributed by atoms with Crippen LogP contribution < -0.4 is 5.32 Å². The second kappa shape index (κ2) is 7.81.